The molecule has 18 atom stereocenters. The number of carbonyl (C=O) groups is 2. The molecule has 0 aromatic heterocycles. The summed E-state index contributed by atoms with van der Waals surface area (Å²) in [5.74, 6) is -4.76. The quantitative estimate of drug-likeness (QED) is 0.160. The number of methoxy groups -OCH3 is 2. The van der Waals surface area contributed by atoms with Gasteiger partial charge in [-0.2, -0.15) is 0 Å². The molecule has 0 saturated carbocycles. The number of hydrogen-bond donors (Lipinski definition) is 4. The number of hydrogen-bond acceptors (Lipinski definition) is 14. The van der Waals surface area contributed by atoms with Crippen molar-refractivity contribution in [3.63, 3.8) is 0 Å². The molecule has 0 aliphatic carbocycles. The van der Waals surface area contributed by atoms with E-state index in [2.05, 4.69) is 0 Å². The molecule has 0 bridgehead atoms. The van der Waals surface area contributed by atoms with Crippen LogP contribution in [-0.2, 0) is 42.7 Å². The summed E-state index contributed by atoms with van der Waals surface area (Å²) in [6, 6.07) is -0.788. The highest BCUT2D eigenvalue weighted by atomic mass is 16.7. The minimum Gasteiger partial charge on any atom is -0.633 e. The lowest BCUT2D eigenvalue weighted by Gasteiger charge is -2.51. The molecule has 3 aliphatic heterocycles. The van der Waals surface area contributed by atoms with E-state index in [1.807, 2.05) is 0 Å². The fraction of sp³-hybridized carbons (Fsp3) is 0.947. The Kier molecular flexibility index (Phi) is 15.1. The Labute approximate surface area is 315 Å². The first-order valence-corrected chi connectivity index (χ1v) is 19.1. The molecule has 4 N–H and O–H groups in total. The number of Topliss-reactive ketones (excluding diaryl/α,β-unsaturated/α-hetero) is 1. The molecule has 3 aliphatic rings. The van der Waals surface area contributed by atoms with Crippen LogP contribution in [0.1, 0.15) is 94.9 Å². The van der Waals surface area contributed by atoms with Crippen LogP contribution in [0.4, 0.5) is 0 Å². The van der Waals surface area contributed by atoms with E-state index < -0.39 is 119 Å². The van der Waals surface area contributed by atoms with Crippen LogP contribution in [0.15, 0.2) is 0 Å². The lowest BCUT2D eigenvalue weighted by atomic mass is 9.74. The average molecular weight is 764 g/mol. The lowest BCUT2D eigenvalue weighted by Crippen LogP contribution is -2.63. The topological polar surface area (TPSA) is 203 Å². The summed E-state index contributed by atoms with van der Waals surface area (Å²) in [7, 11) is 5.84. The molecular weight excluding hydrogens is 694 g/mol. The fourth-order valence-corrected chi connectivity index (χ4v) is 8.69. The molecule has 3 unspecified atom stereocenters. The Bertz CT molecular complexity index is 1230. The maximum absolute atomic E-state index is 14.2. The number of hydroxylamine groups is 3. The van der Waals surface area contributed by atoms with Gasteiger partial charge in [-0.05, 0) is 54.4 Å². The first-order chi connectivity index (χ1) is 24.3. The third kappa shape index (κ3) is 9.80. The number of aliphatic hydroxyl groups is 4. The zero-order chi connectivity index (χ0) is 40.6. The number of esters is 1. The number of likely N-dealkylation sites (N-methyl/N-ethyl adjacent to an activating group) is 1. The van der Waals surface area contributed by atoms with Gasteiger partial charge in [0.1, 0.15) is 29.6 Å². The lowest BCUT2D eigenvalue weighted by molar-refractivity contribution is -0.874. The van der Waals surface area contributed by atoms with Gasteiger partial charge in [-0.3, -0.25) is 9.59 Å². The van der Waals surface area contributed by atoms with Crippen molar-refractivity contribution < 1.29 is 67.8 Å². The highest BCUT2D eigenvalue weighted by Gasteiger charge is 2.54. The molecule has 3 saturated heterocycles. The number of ketones is 1. The number of ether oxygens (including phenoxy) is 7. The number of cyclic esters (lactones) is 1. The van der Waals surface area contributed by atoms with Crippen molar-refractivity contribution in [2.24, 2.45) is 23.7 Å². The van der Waals surface area contributed by atoms with E-state index in [4.69, 9.17) is 33.2 Å². The summed E-state index contributed by atoms with van der Waals surface area (Å²) >= 11 is 0. The van der Waals surface area contributed by atoms with Crippen molar-refractivity contribution in [3.05, 3.63) is 5.21 Å². The second kappa shape index (κ2) is 17.4. The smallest absolute Gasteiger partial charge is 0.311 e. The van der Waals surface area contributed by atoms with Crippen molar-refractivity contribution in [1.82, 2.24) is 0 Å². The van der Waals surface area contributed by atoms with Crippen LogP contribution in [0.25, 0.3) is 0 Å². The van der Waals surface area contributed by atoms with E-state index in [9.17, 15) is 35.2 Å². The number of carbonyl (C=O) groups excluding carboxylic acids is 2. The monoisotopic (exact) mass is 763 g/mol. The number of aliphatic hydroxyl groups excluding tert-OH is 3. The van der Waals surface area contributed by atoms with E-state index in [0.717, 1.165) is 0 Å². The molecule has 0 aromatic rings. The summed E-state index contributed by atoms with van der Waals surface area (Å²) in [4.78, 5) is 28.2. The third-order valence-electron chi connectivity index (χ3n) is 12.4. The van der Waals surface area contributed by atoms with E-state index in [1.165, 1.54) is 42.2 Å². The van der Waals surface area contributed by atoms with Gasteiger partial charge in [0, 0.05) is 44.8 Å². The van der Waals surface area contributed by atoms with E-state index in [-0.39, 0.29) is 31.5 Å². The minimum atomic E-state index is -1.99. The van der Waals surface area contributed by atoms with Crippen LogP contribution in [0.3, 0.4) is 0 Å². The molecule has 53 heavy (non-hydrogen) atoms. The summed E-state index contributed by atoms with van der Waals surface area (Å²) in [5.41, 5.74) is -4.38. The second-order valence-electron chi connectivity index (χ2n) is 17.1. The van der Waals surface area contributed by atoms with Gasteiger partial charge in [-0.15, -0.1) is 0 Å². The summed E-state index contributed by atoms with van der Waals surface area (Å²) < 4.78 is 42.8. The number of rotatable bonds is 8. The van der Waals surface area contributed by atoms with Crippen molar-refractivity contribution >= 4 is 11.8 Å². The molecule has 3 heterocycles. The van der Waals surface area contributed by atoms with Gasteiger partial charge >= 0.3 is 5.97 Å². The predicted molar refractivity (Wildman–Crippen MR) is 193 cm³/mol. The predicted octanol–water partition coefficient (Wildman–Crippen LogP) is 2.45. The number of quaternary nitrogens is 1. The molecule has 3 fully saturated rings. The molecule has 0 amide bonds. The molecule has 310 valence electrons. The van der Waals surface area contributed by atoms with Crippen molar-refractivity contribution in [2.75, 3.05) is 28.3 Å². The van der Waals surface area contributed by atoms with Gasteiger partial charge in [-0.25, -0.2) is 0 Å². The average Bonchev–Trinajstić information content (AvgIpc) is 3.08. The second-order valence-corrected chi connectivity index (χ2v) is 17.1. The van der Waals surface area contributed by atoms with Crippen LogP contribution in [0.2, 0.25) is 0 Å². The summed E-state index contributed by atoms with van der Waals surface area (Å²) in [5, 5.41) is 58.7. The van der Waals surface area contributed by atoms with Crippen molar-refractivity contribution in [2.45, 2.75) is 179 Å². The third-order valence-corrected chi connectivity index (χ3v) is 12.4. The van der Waals surface area contributed by atoms with Crippen LogP contribution in [0, 0.1) is 28.9 Å². The maximum Gasteiger partial charge on any atom is 0.311 e. The Hall–Kier alpha value is -1.34. The van der Waals surface area contributed by atoms with Crippen LogP contribution >= 0.6 is 0 Å². The van der Waals surface area contributed by atoms with E-state index in [1.54, 1.807) is 55.4 Å². The molecular formula is C38H69NO14. The fourth-order valence-electron chi connectivity index (χ4n) is 8.69. The first kappa shape index (κ1) is 46.0. The zero-order valence-corrected chi connectivity index (χ0v) is 34.3. The van der Waals surface area contributed by atoms with Gasteiger partial charge in [0.25, 0.3) is 0 Å². The SMILES string of the molecule is CC[C@H]1OC(=O)[C@H](C)[C@@H](O[C@H]2CC(C)(OC)[C@@H](O)[C@@H](C)O2)[C@H](C)[C@@H](O[C@@H]2O[C@H](C)CC([N+](C)(C)[O-])C2O)[C@](C)(OC)C[C@@H](C)C(=O)[C@H](C)[C@@H](O)[C@]1(C)O. The van der Waals surface area contributed by atoms with Gasteiger partial charge in [0.2, 0.25) is 0 Å². The maximum atomic E-state index is 14.2. The molecule has 15 nitrogen and oxygen atoms in total. The van der Waals surface area contributed by atoms with E-state index in [0.29, 0.717) is 0 Å². The Morgan fingerprint density at radius 3 is 1.98 bits per heavy atom. The van der Waals surface area contributed by atoms with Crippen LogP contribution in [-0.4, -0.2) is 149 Å². The minimum absolute atomic E-state index is 0.0507. The van der Waals surface area contributed by atoms with Gasteiger partial charge in [-0.1, -0.05) is 27.7 Å². The Balaban J connectivity index is 2.23. The standard InChI is InChI=1S/C38H69NO14/c1-15-26-38(10,45)31(42)21(4)28(40)19(2)17-37(9,48-14)33(53-35-29(41)25(39(11,12)46)16-20(3)49-35)22(5)30(23(6)34(44)51-26)52-27-18-36(8,47-13)32(43)24(7)50-27/h19-27,29-33,35,41-43,45H,15-18H2,1-14H3/t19-,20-,21+,22+,23-,24-,25?,26-,27+,29?,30+,31-,32+,33-,35+,36?,37-,38-/m1/s1. The van der Waals surface area contributed by atoms with Crippen LogP contribution < -0.4 is 0 Å². The number of nitrogens with zero attached hydrogens (tertiary/aromatic N) is 1. The van der Waals surface area contributed by atoms with Gasteiger partial charge in [0.05, 0.1) is 61.7 Å². The normalized spacial score (nSPS) is 48.5. The Morgan fingerprint density at radius 1 is 0.868 bits per heavy atom. The molecule has 3 rings (SSSR count). The molecule has 0 spiro atoms. The zero-order valence-electron chi connectivity index (χ0n) is 34.3. The molecule has 15 heteroatoms. The molecule has 0 aromatic carbocycles. The highest BCUT2D eigenvalue weighted by Crippen LogP contribution is 2.42. The largest absolute Gasteiger partial charge is 0.633 e. The van der Waals surface area contributed by atoms with Crippen molar-refractivity contribution in [3.8, 4) is 0 Å². The van der Waals surface area contributed by atoms with Gasteiger partial charge < -0.3 is 63.4 Å². The van der Waals surface area contributed by atoms with Crippen molar-refractivity contribution in [1.29, 1.82) is 0 Å². The summed E-state index contributed by atoms with van der Waals surface area (Å²) in [6.45, 7) is 16.6. The Morgan fingerprint density at radius 2 is 1.45 bits per heavy atom. The molecule has 0 radical (unpaired) electrons. The first-order valence-electron chi connectivity index (χ1n) is 19.1. The van der Waals surface area contributed by atoms with Crippen LogP contribution in [0.5, 0.6) is 0 Å². The summed E-state index contributed by atoms with van der Waals surface area (Å²) in [6.07, 6.45) is -10.1. The van der Waals surface area contributed by atoms with Gasteiger partial charge in [0.15, 0.2) is 18.7 Å². The van der Waals surface area contributed by atoms with E-state index >= 15 is 0 Å². The highest BCUT2D eigenvalue weighted by molar-refractivity contribution is 5.83.